The second-order valence-corrected chi connectivity index (χ2v) is 7.83. The Morgan fingerprint density at radius 2 is 1.31 bits per heavy atom. The van der Waals surface area contributed by atoms with Gasteiger partial charge < -0.3 is 14.8 Å². The number of anilines is 2. The molecule has 29 heavy (non-hydrogen) atoms. The Kier molecular flexibility index (Phi) is 6.94. The maximum atomic E-state index is 12.4. The zero-order valence-electron chi connectivity index (χ0n) is 16.0. The normalized spacial score (nSPS) is 10.7. The van der Waals surface area contributed by atoms with Gasteiger partial charge in [0.05, 0.1) is 37.3 Å². The summed E-state index contributed by atoms with van der Waals surface area (Å²) in [7, 11) is -1.27. The summed E-state index contributed by atoms with van der Waals surface area (Å²) in [6.07, 6.45) is 0.972. The van der Waals surface area contributed by atoms with E-state index in [1.165, 1.54) is 62.8 Å². The van der Waals surface area contributed by atoms with E-state index in [-0.39, 0.29) is 11.3 Å². The van der Waals surface area contributed by atoms with Crippen LogP contribution in [0.15, 0.2) is 48.5 Å². The Morgan fingerprint density at radius 3 is 1.72 bits per heavy atom. The SMILES string of the molecule is COC(=O)c1ccc(NC(=O)CN(c2ccc(C(=O)OC)cc2)S(C)(=O)=O)cc1. The van der Waals surface area contributed by atoms with Crippen molar-refractivity contribution < 1.29 is 32.3 Å². The number of carbonyl (C=O) groups is 3. The van der Waals surface area contributed by atoms with Crippen molar-refractivity contribution in [2.24, 2.45) is 0 Å². The predicted octanol–water partition coefficient (Wildman–Crippen LogP) is 1.66. The molecule has 1 N–H and O–H groups in total. The molecule has 0 heterocycles. The number of ether oxygens (including phenoxy) is 2. The Bertz CT molecular complexity index is 1000. The average molecular weight is 420 g/mol. The summed E-state index contributed by atoms with van der Waals surface area (Å²) in [5.74, 6) is -1.66. The van der Waals surface area contributed by atoms with Gasteiger partial charge in [0, 0.05) is 5.69 Å². The van der Waals surface area contributed by atoms with E-state index >= 15 is 0 Å². The van der Waals surface area contributed by atoms with Crippen molar-refractivity contribution in [3.05, 3.63) is 59.7 Å². The van der Waals surface area contributed by atoms with Crippen LogP contribution in [0.4, 0.5) is 11.4 Å². The lowest BCUT2D eigenvalue weighted by molar-refractivity contribution is -0.114. The van der Waals surface area contributed by atoms with Crippen molar-refractivity contribution in [3.8, 4) is 0 Å². The van der Waals surface area contributed by atoms with E-state index in [9.17, 15) is 22.8 Å². The molecule has 0 bridgehead atoms. The molecule has 10 heteroatoms. The van der Waals surface area contributed by atoms with Gasteiger partial charge in [-0.05, 0) is 48.5 Å². The minimum absolute atomic E-state index is 0.219. The minimum atomic E-state index is -3.77. The molecule has 0 fully saturated rings. The molecule has 154 valence electrons. The first-order chi connectivity index (χ1) is 13.7. The number of methoxy groups -OCH3 is 2. The van der Waals surface area contributed by atoms with Crippen LogP contribution >= 0.6 is 0 Å². The van der Waals surface area contributed by atoms with Crippen LogP contribution in [-0.2, 0) is 24.3 Å². The van der Waals surface area contributed by atoms with Gasteiger partial charge in [0.1, 0.15) is 6.54 Å². The summed E-state index contributed by atoms with van der Waals surface area (Å²) >= 11 is 0. The van der Waals surface area contributed by atoms with Crippen molar-refractivity contribution in [1.82, 2.24) is 0 Å². The number of nitrogens with one attached hydrogen (secondary N) is 1. The largest absolute Gasteiger partial charge is 0.465 e. The molecule has 0 radical (unpaired) electrons. The molecule has 0 unspecified atom stereocenters. The zero-order chi connectivity index (χ0) is 21.6. The Balaban J connectivity index is 2.15. The second kappa shape index (κ2) is 9.20. The van der Waals surface area contributed by atoms with E-state index in [4.69, 9.17) is 0 Å². The summed E-state index contributed by atoms with van der Waals surface area (Å²) in [5, 5.41) is 2.57. The lowest BCUT2D eigenvalue weighted by Gasteiger charge is -2.22. The number of esters is 2. The topological polar surface area (TPSA) is 119 Å². The molecule has 0 atom stereocenters. The van der Waals surface area contributed by atoms with E-state index in [1.807, 2.05) is 0 Å². The van der Waals surface area contributed by atoms with Crippen molar-refractivity contribution in [2.75, 3.05) is 36.6 Å². The van der Waals surface area contributed by atoms with Crippen LogP contribution in [0.25, 0.3) is 0 Å². The van der Waals surface area contributed by atoms with Gasteiger partial charge in [-0.1, -0.05) is 0 Å². The molecule has 2 aromatic rings. The fourth-order valence-electron chi connectivity index (χ4n) is 2.42. The summed E-state index contributed by atoms with van der Waals surface area (Å²) < 4.78 is 34.4. The molecule has 0 aliphatic rings. The molecule has 2 aromatic carbocycles. The molecule has 0 saturated carbocycles. The Hall–Kier alpha value is -3.40. The standard InChI is InChI=1S/C19H20N2O7S/c1-27-18(23)13-4-8-15(9-5-13)20-17(22)12-21(29(3,25)26)16-10-6-14(7-11-16)19(24)28-2/h4-11H,12H2,1-3H3,(H,20,22). The van der Waals surface area contributed by atoms with Crippen LogP contribution in [0.3, 0.4) is 0 Å². The zero-order valence-corrected chi connectivity index (χ0v) is 16.9. The molecule has 1 amide bonds. The maximum Gasteiger partial charge on any atom is 0.337 e. The van der Waals surface area contributed by atoms with E-state index in [0.717, 1.165) is 10.6 Å². The van der Waals surface area contributed by atoms with Gasteiger partial charge >= 0.3 is 11.9 Å². The van der Waals surface area contributed by atoms with Gasteiger partial charge in [0.2, 0.25) is 15.9 Å². The lowest BCUT2D eigenvalue weighted by atomic mass is 10.2. The fourth-order valence-corrected chi connectivity index (χ4v) is 3.28. The Labute approximate surface area is 168 Å². The van der Waals surface area contributed by atoms with E-state index < -0.39 is 34.4 Å². The molecule has 0 aliphatic carbocycles. The number of amides is 1. The van der Waals surface area contributed by atoms with Crippen molar-refractivity contribution >= 4 is 39.2 Å². The van der Waals surface area contributed by atoms with Gasteiger partial charge in [-0.25, -0.2) is 18.0 Å². The highest BCUT2D eigenvalue weighted by Gasteiger charge is 2.21. The number of hydrogen-bond donors (Lipinski definition) is 1. The molecule has 2 rings (SSSR count). The van der Waals surface area contributed by atoms with E-state index in [1.54, 1.807) is 0 Å². The van der Waals surface area contributed by atoms with Crippen LogP contribution in [-0.4, -0.2) is 53.3 Å². The average Bonchev–Trinajstić information content (AvgIpc) is 2.70. The summed E-state index contributed by atoms with van der Waals surface area (Å²) in [6, 6.07) is 11.6. The van der Waals surface area contributed by atoms with Gasteiger partial charge in [0.25, 0.3) is 0 Å². The number of nitrogens with zero attached hydrogens (tertiary/aromatic N) is 1. The first kappa shape index (κ1) is 21.9. The number of sulfonamides is 1. The molecule has 9 nitrogen and oxygen atoms in total. The van der Waals surface area contributed by atoms with Gasteiger partial charge in [0.15, 0.2) is 0 Å². The molecule has 0 aliphatic heterocycles. The fraction of sp³-hybridized carbons (Fsp3) is 0.211. The number of rotatable bonds is 7. The first-order valence-corrected chi connectivity index (χ1v) is 10.1. The summed E-state index contributed by atoms with van der Waals surface area (Å²) in [5.41, 5.74) is 1.17. The van der Waals surface area contributed by atoms with Crippen LogP contribution in [0.5, 0.6) is 0 Å². The number of carbonyl (C=O) groups excluding carboxylic acids is 3. The van der Waals surface area contributed by atoms with Crippen LogP contribution < -0.4 is 9.62 Å². The maximum absolute atomic E-state index is 12.4. The minimum Gasteiger partial charge on any atom is -0.465 e. The Morgan fingerprint density at radius 1 is 0.862 bits per heavy atom. The highest BCUT2D eigenvalue weighted by Crippen LogP contribution is 2.19. The number of hydrogen-bond acceptors (Lipinski definition) is 7. The molecule has 0 aromatic heterocycles. The monoisotopic (exact) mass is 420 g/mol. The predicted molar refractivity (Wildman–Crippen MR) is 106 cm³/mol. The third-order valence-electron chi connectivity index (χ3n) is 3.85. The van der Waals surface area contributed by atoms with Crippen molar-refractivity contribution in [1.29, 1.82) is 0 Å². The van der Waals surface area contributed by atoms with Gasteiger partial charge in [-0.2, -0.15) is 0 Å². The smallest absolute Gasteiger partial charge is 0.337 e. The first-order valence-electron chi connectivity index (χ1n) is 8.30. The van der Waals surface area contributed by atoms with Crippen molar-refractivity contribution in [2.45, 2.75) is 0 Å². The highest BCUT2D eigenvalue weighted by molar-refractivity contribution is 7.92. The third kappa shape index (κ3) is 5.79. The van der Waals surface area contributed by atoms with Crippen molar-refractivity contribution in [3.63, 3.8) is 0 Å². The van der Waals surface area contributed by atoms with Gasteiger partial charge in [-0.15, -0.1) is 0 Å². The van der Waals surface area contributed by atoms with E-state index in [0.29, 0.717) is 11.3 Å². The second-order valence-electron chi connectivity index (χ2n) is 5.93. The highest BCUT2D eigenvalue weighted by atomic mass is 32.2. The lowest BCUT2D eigenvalue weighted by Crippen LogP contribution is -2.37. The molecule has 0 saturated heterocycles. The molecular weight excluding hydrogens is 400 g/mol. The third-order valence-corrected chi connectivity index (χ3v) is 4.99. The van der Waals surface area contributed by atoms with Crippen LogP contribution in [0.1, 0.15) is 20.7 Å². The molecule has 0 spiro atoms. The van der Waals surface area contributed by atoms with Gasteiger partial charge in [-0.3, -0.25) is 9.10 Å². The summed E-state index contributed by atoms with van der Waals surface area (Å²) in [4.78, 5) is 35.3. The van der Waals surface area contributed by atoms with Crippen LogP contribution in [0.2, 0.25) is 0 Å². The molecular formula is C19H20N2O7S. The summed E-state index contributed by atoms with van der Waals surface area (Å²) in [6.45, 7) is -0.477. The van der Waals surface area contributed by atoms with E-state index in [2.05, 4.69) is 14.8 Å². The van der Waals surface area contributed by atoms with Crippen LogP contribution in [0, 0.1) is 0 Å². The quantitative estimate of drug-likeness (QED) is 0.677. The number of benzene rings is 2.